The Morgan fingerprint density at radius 2 is 2.21 bits per heavy atom. The molecule has 1 saturated heterocycles. The highest BCUT2D eigenvalue weighted by molar-refractivity contribution is 9.10. The van der Waals surface area contributed by atoms with E-state index in [1.807, 2.05) is 0 Å². The zero-order chi connectivity index (χ0) is 13.4. The summed E-state index contributed by atoms with van der Waals surface area (Å²) in [5, 5.41) is 0. The van der Waals surface area contributed by atoms with E-state index in [0.717, 1.165) is 12.6 Å². The first-order valence-corrected chi connectivity index (χ1v) is 8.19. The molecule has 0 radical (unpaired) electrons. The molecule has 0 amide bonds. The number of nitrogens with two attached hydrogens (primary N) is 1. The average Bonchev–Trinajstić information content (AvgIpc) is 2.79. The van der Waals surface area contributed by atoms with E-state index in [4.69, 9.17) is 5.73 Å². The van der Waals surface area contributed by atoms with Gasteiger partial charge in [0, 0.05) is 23.1 Å². The van der Waals surface area contributed by atoms with Crippen molar-refractivity contribution < 1.29 is 0 Å². The minimum atomic E-state index is 0.704. The largest absolute Gasteiger partial charge is 0.330 e. The van der Waals surface area contributed by atoms with Gasteiger partial charge in [0.1, 0.15) is 0 Å². The first-order chi connectivity index (χ1) is 9.17. The fraction of sp³-hybridized carbons (Fsp3) is 0.625. The molecule has 3 unspecified atom stereocenters. The monoisotopic (exact) mass is 322 g/mol. The lowest BCUT2D eigenvalue weighted by Crippen LogP contribution is -2.41. The van der Waals surface area contributed by atoms with Crippen LogP contribution >= 0.6 is 15.9 Å². The molecule has 1 aromatic rings. The van der Waals surface area contributed by atoms with Crippen molar-refractivity contribution in [2.45, 2.75) is 44.7 Å². The maximum absolute atomic E-state index is 5.85. The maximum atomic E-state index is 5.85. The third kappa shape index (κ3) is 2.74. The van der Waals surface area contributed by atoms with Gasteiger partial charge in [-0.2, -0.15) is 0 Å². The average molecular weight is 323 g/mol. The van der Waals surface area contributed by atoms with Crippen LogP contribution in [0.25, 0.3) is 0 Å². The molecule has 104 valence electrons. The summed E-state index contributed by atoms with van der Waals surface area (Å²) in [6, 6.07) is 8.20. The second-order valence-electron chi connectivity index (χ2n) is 6.19. The van der Waals surface area contributed by atoms with Crippen molar-refractivity contribution in [3.8, 4) is 0 Å². The zero-order valence-corrected chi connectivity index (χ0v) is 13.2. The molecule has 0 aromatic heterocycles. The Balaban J connectivity index is 1.73. The van der Waals surface area contributed by atoms with Gasteiger partial charge in [-0.3, -0.25) is 4.90 Å². The highest BCUT2D eigenvalue weighted by Crippen LogP contribution is 2.32. The van der Waals surface area contributed by atoms with Crippen molar-refractivity contribution in [2.24, 2.45) is 11.7 Å². The quantitative estimate of drug-likeness (QED) is 0.907. The first kappa shape index (κ1) is 13.6. The SMILES string of the molecule is CC1CC(CN)CN1C1CCc2cc(Br)ccc2C1. The summed E-state index contributed by atoms with van der Waals surface area (Å²) in [7, 11) is 0. The van der Waals surface area contributed by atoms with E-state index in [0.29, 0.717) is 12.0 Å². The normalized spacial score (nSPS) is 31.4. The Morgan fingerprint density at radius 1 is 1.37 bits per heavy atom. The fourth-order valence-electron chi connectivity index (χ4n) is 3.84. The van der Waals surface area contributed by atoms with Crippen molar-refractivity contribution in [1.29, 1.82) is 0 Å². The fourth-order valence-corrected chi connectivity index (χ4v) is 4.25. The molecule has 19 heavy (non-hydrogen) atoms. The van der Waals surface area contributed by atoms with Crippen LogP contribution in [0.1, 0.15) is 30.9 Å². The van der Waals surface area contributed by atoms with E-state index in [1.54, 1.807) is 5.56 Å². The van der Waals surface area contributed by atoms with Crippen LogP contribution in [0.5, 0.6) is 0 Å². The summed E-state index contributed by atoms with van der Waals surface area (Å²) in [6.45, 7) is 4.41. The molecule has 0 spiro atoms. The van der Waals surface area contributed by atoms with Crippen LogP contribution in [-0.4, -0.2) is 30.1 Å². The van der Waals surface area contributed by atoms with E-state index in [1.165, 1.54) is 42.3 Å². The summed E-state index contributed by atoms with van der Waals surface area (Å²) in [6.07, 6.45) is 5.01. The van der Waals surface area contributed by atoms with E-state index in [2.05, 4.69) is 46.0 Å². The lowest BCUT2D eigenvalue weighted by Gasteiger charge is -2.35. The van der Waals surface area contributed by atoms with Gasteiger partial charge in [0.05, 0.1) is 0 Å². The standard InChI is InChI=1S/C16H23BrN2/c1-11-6-12(9-18)10-19(11)16-5-3-13-7-15(17)4-2-14(13)8-16/h2,4,7,11-12,16H,3,5-6,8-10,18H2,1H3. The molecule has 3 atom stereocenters. The van der Waals surface area contributed by atoms with Crippen molar-refractivity contribution in [2.75, 3.05) is 13.1 Å². The topological polar surface area (TPSA) is 29.3 Å². The van der Waals surface area contributed by atoms with E-state index < -0.39 is 0 Å². The van der Waals surface area contributed by atoms with Gasteiger partial charge in [-0.15, -0.1) is 0 Å². The number of fused-ring (bicyclic) bond motifs is 1. The van der Waals surface area contributed by atoms with Gasteiger partial charge in [-0.25, -0.2) is 0 Å². The van der Waals surface area contributed by atoms with E-state index >= 15 is 0 Å². The molecule has 1 fully saturated rings. The Labute approximate surface area is 124 Å². The van der Waals surface area contributed by atoms with Crippen LogP contribution in [0.2, 0.25) is 0 Å². The van der Waals surface area contributed by atoms with Crippen molar-refractivity contribution in [1.82, 2.24) is 4.90 Å². The molecule has 2 nitrogen and oxygen atoms in total. The number of benzene rings is 1. The number of hydrogen-bond donors (Lipinski definition) is 1. The van der Waals surface area contributed by atoms with Crippen molar-refractivity contribution in [3.05, 3.63) is 33.8 Å². The van der Waals surface area contributed by atoms with Crippen LogP contribution in [0.3, 0.4) is 0 Å². The van der Waals surface area contributed by atoms with Gasteiger partial charge in [0.15, 0.2) is 0 Å². The molecule has 0 saturated carbocycles. The molecule has 1 aromatic carbocycles. The number of halogens is 1. The number of hydrogen-bond acceptors (Lipinski definition) is 2. The molecule has 1 aliphatic carbocycles. The van der Waals surface area contributed by atoms with Gasteiger partial charge in [-0.05, 0) is 68.3 Å². The van der Waals surface area contributed by atoms with Crippen LogP contribution in [0, 0.1) is 5.92 Å². The van der Waals surface area contributed by atoms with Gasteiger partial charge in [0.25, 0.3) is 0 Å². The van der Waals surface area contributed by atoms with Gasteiger partial charge >= 0.3 is 0 Å². The predicted octanol–water partition coefficient (Wildman–Crippen LogP) is 2.98. The van der Waals surface area contributed by atoms with E-state index in [-0.39, 0.29) is 0 Å². The Bertz CT molecular complexity index is 460. The Morgan fingerprint density at radius 3 is 2.95 bits per heavy atom. The number of likely N-dealkylation sites (tertiary alicyclic amines) is 1. The van der Waals surface area contributed by atoms with Crippen molar-refractivity contribution in [3.63, 3.8) is 0 Å². The third-order valence-corrected chi connectivity index (χ3v) is 5.38. The molecule has 3 rings (SSSR count). The number of aryl methyl sites for hydroxylation is 1. The minimum Gasteiger partial charge on any atom is -0.330 e. The van der Waals surface area contributed by atoms with Gasteiger partial charge in [0.2, 0.25) is 0 Å². The van der Waals surface area contributed by atoms with E-state index in [9.17, 15) is 0 Å². The minimum absolute atomic E-state index is 0.704. The summed E-state index contributed by atoms with van der Waals surface area (Å²) < 4.78 is 1.21. The van der Waals surface area contributed by atoms with Crippen LogP contribution < -0.4 is 5.73 Å². The molecular formula is C16H23BrN2. The van der Waals surface area contributed by atoms with Gasteiger partial charge < -0.3 is 5.73 Å². The summed E-state index contributed by atoms with van der Waals surface area (Å²) in [5.41, 5.74) is 8.93. The maximum Gasteiger partial charge on any atom is 0.0178 e. The van der Waals surface area contributed by atoms with Crippen LogP contribution in [0.15, 0.2) is 22.7 Å². The summed E-state index contributed by atoms with van der Waals surface area (Å²) in [4.78, 5) is 2.71. The zero-order valence-electron chi connectivity index (χ0n) is 11.6. The molecule has 2 aliphatic rings. The van der Waals surface area contributed by atoms with Crippen LogP contribution in [0.4, 0.5) is 0 Å². The Hall–Kier alpha value is -0.380. The highest BCUT2D eigenvalue weighted by atomic mass is 79.9. The van der Waals surface area contributed by atoms with Crippen molar-refractivity contribution >= 4 is 15.9 Å². The molecule has 3 heteroatoms. The first-order valence-electron chi connectivity index (χ1n) is 7.40. The lowest BCUT2D eigenvalue weighted by molar-refractivity contribution is 0.170. The molecule has 1 heterocycles. The Kier molecular flexibility index (Phi) is 3.97. The lowest BCUT2D eigenvalue weighted by atomic mass is 9.87. The second-order valence-corrected chi connectivity index (χ2v) is 7.11. The smallest absolute Gasteiger partial charge is 0.0178 e. The van der Waals surface area contributed by atoms with Gasteiger partial charge in [-0.1, -0.05) is 22.0 Å². The number of rotatable bonds is 2. The summed E-state index contributed by atoms with van der Waals surface area (Å²) in [5.74, 6) is 0.710. The molecule has 2 N–H and O–H groups in total. The second kappa shape index (κ2) is 5.55. The molecular weight excluding hydrogens is 300 g/mol. The molecule has 1 aliphatic heterocycles. The van der Waals surface area contributed by atoms with Crippen LogP contribution in [-0.2, 0) is 12.8 Å². The predicted molar refractivity (Wildman–Crippen MR) is 83.3 cm³/mol. The summed E-state index contributed by atoms with van der Waals surface area (Å²) >= 11 is 3.57. The molecule has 0 bridgehead atoms. The number of nitrogens with zero attached hydrogens (tertiary/aromatic N) is 1. The highest BCUT2D eigenvalue weighted by Gasteiger charge is 2.34. The third-order valence-electron chi connectivity index (χ3n) is 4.88.